The lowest BCUT2D eigenvalue weighted by Crippen LogP contribution is -2.43. The van der Waals surface area contributed by atoms with Gasteiger partial charge in [0.05, 0.1) is 12.5 Å². The van der Waals surface area contributed by atoms with E-state index >= 15 is 0 Å². The van der Waals surface area contributed by atoms with Gasteiger partial charge in [0.25, 0.3) is 0 Å². The van der Waals surface area contributed by atoms with E-state index in [9.17, 15) is 4.79 Å². The standard InChI is InChI=1S/C17H25NO2/c1-3-20-17(19)15-11-7-8-12-16(15)18-13(2)14-9-5-4-6-10-14/h4-6,9-10,13,15-16,18H,3,7-8,11-12H2,1-2H3/t13-,15?,16?/m0/s1. The van der Waals surface area contributed by atoms with E-state index in [1.165, 1.54) is 12.0 Å². The molecule has 0 saturated heterocycles. The van der Waals surface area contributed by atoms with Gasteiger partial charge < -0.3 is 10.1 Å². The number of hydrogen-bond acceptors (Lipinski definition) is 3. The number of nitrogens with one attached hydrogen (secondary N) is 1. The van der Waals surface area contributed by atoms with Gasteiger partial charge in [0.1, 0.15) is 0 Å². The van der Waals surface area contributed by atoms with Crippen LogP contribution in [0.15, 0.2) is 30.3 Å². The largest absolute Gasteiger partial charge is 0.466 e. The fourth-order valence-electron chi connectivity index (χ4n) is 3.02. The van der Waals surface area contributed by atoms with Crippen molar-refractivity contribution >= 4 is 5.97 Å². The summed E-state index contributed by atoms with van der Waals surface area (Å²) in [4.78, 5) is 12.1. The summed E-state index contributed by atoms with van der Waals surface area (Å²) in [5, 5.41) is 3.62. The van der Waals surface area contributed by atoms with Gasteiger partial charge in [-0.1, -0.05) is 43.2 Å². The van der Waals surface area contributed by atoms with Crippen molar-refractivity contribution in [3.05, 3.63) is 35.9 Å². The molecule has 1 fully saturated rings. The Morgan fingerprint density at radius 2 is 2.00 bits per heavy atom. The fourth-order valence-corrected chi connectivity index (χ4v) is 3.02. The number of hydrogen-bond donors (Lipinski definition) is 1. The van der Waals surface area contributed by atoms with Gasteiger partial charge in [0, 0.05) is 12.1 Å². The molecule has 20 heavy (non-hydrogen) atoms. The zero-order valence-electron chi connectivity index (χ0n) is 12.5. The van der Waals surface area contributed by atoms with Crippen molar-refractivity contribution in [3.63, 3.8) is 0 Å². The Bertz CT molecular complexity index is 418. The number of benzene rings is 1. The predicted octanol–water partition coefficient (Wildman–Crippen LogP) is 3.46. The number of carbonyl (C=O) groups is 1. The first-order valence-corrected chi connectivity index (χ1v) is 7.70. The van der Waals surface area contributed by atoms with Crippen LogP contribution in [0.4, 0.5) is 0 Å². The van der Waals surface area contributed by atoms with Crippen LogP contribution in [0.25, 0.3) is 0 Å². The third-order valence-electron chi connectivity index (χ3n) is 4.12. The molecule has 1 aromatic rings. The minimum atomic E-state index is -0.0371. The Labute approximate surface area is 121 Å². The van der Waals surface area contributed by atoms with E-state index in [2.05, 4.69) is 36.5 Å². The molecule has 1 saturated carbocycles. The lowest BCUT2D eigenvalue weighted by atomic mass is 9.84. The first-order chi connectivity index (χ1) is 9.72. The molecule has 2 rings (SSSR count). The SMILES string of the molecule is CCOC(=O)C1CCCCC1N[C@@H](C)c1ccccc1. The Kier molecular flexibility index (Phi) is 5.60. The lowest BCUT2D eigenvalue weighted by molar-refractivity contribution is -0.150. The zero-order valence-corrected chi connectivity index (χ0v) is 12.5. The van der Waals surface area contributed by atoms with Gasteiger partial charge in [-0.2, -0.15) is 0 Å². The second-order valence-electron chi connectivity index (χ2n) is 5.55. The van der Waals surface area contributed by atoms with Crippen molar-refractivity contribution in [1.29, 1.82) is 0 Å². The summed E-state index contributed by atoms with van der Waals surface area (Å²) in [5.74, 6) is -0.0279. The van der Waals surface area contributed by atoms with Crippen molar-refractivity contribution in [1.82, 2.24) is 5.32 Å². The summed E-state index contributed by atoms with van der Waals surface area (Å²) >= 11 is 0. The zero-order chi connectivity index (χ0) is 14.4. The number of carbonyl (C=O) groups excluding carboxylic acids is 1. The maximum atomic E-state index is 12.1. The highest BCUT2D eigenvalue weighted by molar-refractivity contribution is 5.73. The summed E-state index contributed by atoms with van der Waals surface area (Å²) in [5.41, 5.74) is 1.26. The molecule has 2 unspecified atom stereocenters. The summed E-state index contributed by atoms with van der Waals surface area (Å²) in [7, 11) is 0. The van der Waals surface area contributed by atoms with Gasteiger partial charge >= 0.3 is 5.97 Å². The van der Waals surface area contributed by atoms with Crippen molar-refractivity contribution < 1.29 is 9.53 Å². The molecule has 3 nitrogen and oxygen atoms in total. The fraction of sp³-hybridized carbons (Fsp3) is 0.588. The highest BCUT2D eigenvalue weighted by atomic mass is 16.5. The molecule has 0 aromatic heterocycles. The maximum absolute atomic E-state index is 12.1. The Morgan fingerprint density at radius 3 is 2.70 bits per heavy atom. The van der Waals surface area contributed by atoms with Crippen LogP contribution < -0.4 is 5.32 Å². The molecule has 1 aliphatic rings. The summed E-state index contributed by atoms with van der Waals surface area (Å²) < 4.78 is 5.22. The van der Waals surface area contributed by atoms with Crippen LogP contribution in [0.1, 0.15) is 51.1 Å². The first-order valence-electron chi connectivity index (χ1n) is 7.70. The second kappa shape index (κ2) is 7.44. The molecule has 1 aliphatic carbocycles. The van der Waals surface area contributed by atoms with Crippen molar-refractivity contribution in [2.45, 2.75) is 51.6 Å². The van der Waals surface area contributed by atoms with E-state index in [1.54, 1.807) is 0 Å². The summed E-state index contributed by atoms with van der Waals surface area (Å²) in [6.45, 7) is 4.50. The first kappa shape index (κ1) is 15.0. The van der Waals surface area contributed by atoms with Gasteiger partial charge in [-0.05, 0) is 32.3 Å². The summed E-state index contributed by atoms with van der Waals surface area (Å²) in [6, 6.07) is 10.9. The van der Waals surface area contributed by atoms with Crippen LogP contribution in [0.2, 0.25) is 0 Å². The Hall–Kier alpha value is -1.35. The predicted molar refractivity (Wildman–Crippen MR) is 80.4 cm³/mol. The maximum Gasteiger partial charge on any atom is 0.310 e. The van der Waals surface area contributed by atoms with Crippen LogP contribution in [-0.4, -0.2) is 18.6 Å². The Morgan fingerprint density at radius 1 is 1.30 bits per heavy atom. The van der Waals surface area contributed by atoms with E-state index in [-0.39, 0.29) is 24.0 Å². The van der Waals surface area contributed by atoms with Crippen molar-refractivity contribution in [3.8, 4) is 0 Å². The lowest BCUT2D eigenvalue weighted by Gasteiger charge is -2.33. The number of ether oxygens (including phenoxy) is 1. The van der Waals surface area contributed by atoms with Gasteiger partial charge in [0.2, 0.25) is 0 Å². The van der Waals surface area contributed by atoms with E-state index in [0.717, 1.165) is 19.3 Å². The minimum absolute atomic E-state index is 0.00913. The van der Waals surface area contributed by atoms with Crippen LogP contribution >= 0.6 is 0 Å². The van der Waals surface area contributed by atoms with Gasteiger partial charge in [-0.3, -0.25) is 4.79 Å². The van der Waals surface area contributed by atoms with E-state index in [1.807, 2.05) is 13.0 Å². The van der Waals surface area contributed by atoms with Crippen LogP contribution in [0.5, 0.6) is 0 Å². The molecule has 110 valence electrons. The van der Waals surface area contributed by atoms with Crippen molar-refractivity contribution in [2.75, 3.05) is 6.61 Å². The molecule has 0 heterocycles. The highest BCUT2D eigenvalue weighted by Gasteiger charge is 2.32. The minimum Gasteiger partial charge on any atom is -0.466 e. The quantitative estimate of drug-likeness (QED) is 0.836. The van der Waals surface area contributed by atoms with Gasteiger partial charge in [-0.15, -0.1) is 0 Å². The molecule has 0 spiro atoms. The molecule has 0 bridgehead atoms. The molecule has 0 amide bonds. The van der Waals surface area contributed by atoms with Crippen LogP contribution in [0.3, 0.4) is 0 Å². The third kappa shape index (κ3) is 3.83. The van der Waals surface area contributed by atoms with E-state index < -0.39 is 0 Å². The van der Waals surface area contributed by atoms with Crippen molar-refractivity contribution in [2.24, 2.45) is 5.92 Å². The molecular weight excluding hydrogens is 250 g/mol. The second-order valence-corrected chi connectivity index (χ2v) is 5.55. The average molecular weight is 275 g/mol. The van der Waals surface area contributed by atoms with Gasteiger partial charge in [-0.25, -0.2) is 0 Å². The summed E-state index contributed by atoms with van der Waals surface area (Å²) in [6.07, 6.45) is 4.31. The smallest absolute Gasteiger partial charge is 0.310 e. The Balaban J connectivity index is 2.00. The van der Waals surface area contributed by atoms with Crippen LogP contribution in [-0.2, 0) is 9.53 Å². The monoisotopic (exact) mass is 275 g/mol. The highest BCUT2D eigenvalue weighted by Crippen LogP contribution is 2.27. The molecule has 3 heteroatoms. The normalized spacial score (nSPS) is 24.1. The number of rotatable bonds is 5. The van der Waals surface area contributed by atoms with Crippen LogP contribution in [0, 0.1) is 5.92 Å². The van der Waals surface area contributed by atoms with Gasteiger partial charge in [0.15, 0.2) is 0 Å². The molecule has 0 aliphatic heterocycles. The van der Waals surface area contributed by atoms with E-state index in [4.69, 9.17) is 4.74 Å². The molecule has 3 atom stereocenters. The topological polar surface area (TPSA) is 38.3 Å². The molecule has 1 N–H and O–H groups in total. The number of esters is 1. The van der Waals surface area contributed by atoms with E-state index in [0.29, 0.717) is 6.61 Å². The molecular formula is C17H25NO2. The molecule has 0 radical (unpaired) electrons. The average Bonchev–Trinajstić information content (AvgIpc) is 2.49. The molecule has 1 aromatic carbocycles. The third-order valence-corrected chi connectivity index (χ3v) is 4.12.